The molecule has 1 saturated heterocycles. The Morgan fingerprint density at radius 1 is 1.14 bits per heavy atom. The second kappa shape index (κ2) is 4.05. The van der Waals surface area contributed by atoms with Crippen LogP contribution in [-0.2, 0) is 0 Å². The van der Waals surface area contributed by atoms with E-state index in [0.29, 0.717) is 5.41 Å². The van der Waals surface area contributed by atoms with Crippen molar-refractivity contribution in [1.29, 1.82) is 0 Å². The maximum atomic E-state index is 5.25. The maximum Gasteiger partial charge on any atom is 0.168 e. The molecule has 1 aliphatic carbocycles. The summed E-state index contributed by atoms with van der Waals surface area (Å²) in [6.45, 7) is 2.33. The number of thiocarbonyl (C=S) groups is 1. The fraction of sp³-hybridized carbons (Fsp3) is 0.909. The summed E-state index contributed by atoms with van der Waals surface area (Å²) >= 11 is 5.25. The van der Waals surface area contributed by atoms with Gasteiger partial charge < -0.3 is 10.2 Å². The van der Waals surface area contributed by atoms with Gasteiger partial charge in [0.1, 0.15) is 0 Å². The number of nitrogens with zero attached hydrogens (tertiary/aromatic N) is 1. The zero-order valence-corrected chi connectivity index (χ0v) is 9.83. The summed E-state index contributed by atoms with van der Waals surface area (Å²) in [6, 6.07) is 0. The number of hydrogen-bond donors (Lipinski definition) is 1. The van der Waals surface area contributed by atoms with Gasteiger partial charge >= 0.3 is 0 Å². The minimum absolute atomic E-state index is 0.708. The molecule has 2 rings (SSSR count). The van der Waals surface area contributed by atoms with Crippen molar-refractivity contribution in [3.8, 4) is 0 Å². The molecule has 3 heteroatoms. The van der Waals surface area contributed by atoms with Crippen LogP contribution in [0.1, 0.15) is 38.5 Å². The second-order valence-corrected chi connectivity index (χ2v) is 5.14. The Kier molecular flexibility index (Phi) is 2.96. The first kappa shape index (κ1) is 10.2. The average molecular weight is 212 g/mol. The third kappa shape index (κ3) is 1.88. The minimum atomic E-state index is 0.708. The highest BCUT2D eigenvalue weighted by molar-refractivity contribution is 7.80. The Bertz CT molecular complexity index is 211. The monoisotopic (exact) mass is 212 g/mol. The van der Waals surface area contributed by atoms with Crippen molar-refractivity contribution in [2.45, 2.75) is 38.5 Å². The van der Waals surface area contributed by atoms with Crippen LogP contribution in [0.25, 0.3) is 0 Å². The lowest BCUT2D eigenvalue weighted by atomic mass is 9.77. The van der Waals surface area contributed by atoms with Crippen LogP contribution in [0.5, 0.6) is 0 Å². The second-order valence-electron chi connectivity index (χ2n) is 4.75. The van der Waals surface area contributed by atoms with Gasteiger partial charge in [0.05, 0.1) is 0 Å². The topological polar surface area (TPSA) is 15.3 Å². The molecule has 2 fully saturated rings. The Morgan fingerprint density at radius 2 is 1.71 bits per heavy atom. The van der Waals surface area contributed by atoms with E-state index in [1.165, 1.54) is 51.6 Å². The smallest absolute Gasteiger partial charge is 0.168 e. The SMILES string of the molecule is CNC(=S)N1CCC2(CCCC2)CC1. The largest absolute Gasteiger partial charge is 0.366 e. The van der Waals surface area contributed by atoms with Gasteiger partial charge in [-0.15, -0.1) is 0 Å². The van der Waals surface area contributed by atoms with Crippen molar-refractivity contribution in [1.82, 2.24) is 10.2 Å². The van der Waals surface area contributed by atoms with Crippen molar-refractivity contribution in [2.24, 2.45) is 5.41 Å². The van der Waals surface area contributed by atoms with Crippen molar-refractivity contribution >= 4 is 17.3 Å². The molecule has 0 amide bonds. The summed E-state index contributed by atoms with van der Waals surface area (Å²) in [6.07, 6.45) is 8.55. The summed E-state index contributed by atoms with van der Waals surface area (Å²) in [5.41, 5.74) is 0.708. The molecule has 1 N–H and O–H groups in total. The van der Waals surface area contributed by atoms with E-state index in [2.05, 4.69) is 10.2 Å². The van der Waals surface area contributed by atoms with E-state index in [4.69, 9.17) is 12.2 Å². The normalized spacial score (nSPS) is 25.4. The summed E-state index contributed by atoms with van der Waals surface area (Å²) in [4.78, 5) is 2.32. The zero-order chi connectivity index (χ0) is 10.0. The molecule has 80 valence electrons. The molecule has 1 spiro atoms. The maximum absolute atomic E-state index is 5.25. The Balaban J connectivity index is 1.88. The molecule has 0 atom stereocenters. The molecular weight excluding hydrogens is 192 g/mol. The highest BCUT2D eigenvalue weighted by atomic mass is 32.1. The van der Waals surface area contributed by atoms with Crippen molar-refractivity contribution < 1.29 is 0 Å². The molecule has 0 radical (unpaired) electrons. The molecule has 0 unspecified atom stereocenters. The third-order valence-electron chi connectivity index (χ3n) is 3.99. The van der Waals surface area contributed by atoms with Gasteiger partial charge in [-0.1, -0.05) is 12.8 Å². The Morgan fingerprint density at radius 3 is 2.21 bits per heavy atom. The molecule has 1 aliphatic heterocycles. The van der Waals surface area contributed by atoms with Gasteiger partial charge in [-0.2, -0.15) is 0 Å². The van der Waals surface area contributed by atoms with Gasteiger partial charge in [-0.3, -0.25) is 0 Å². The van der Waals surface area contributed by atoms with Crippen LogP contribution in [0.3, 0.4) is 0 Å². The van der Waals surface area contributed by atoms with E-state index < -0.39 is 0 Å². The molecule has 1 saturated carbocycles. The van der Waals surface area contributed by atoms with Crippen LogP contribution in [0, 0.1) is 5.41 Å². The summed E-state index contributed by atoms with van der Waals surface area (Å²) in [5, 5.41) is 4.00. The zero-order valence-electron chi connectivity index (χ0n) is 9.01. The number of rotatable bonds is 0. The van der Waals surface area contributed by atoms with Crippen LogP contribution >= 0.6 is 12.2 Å². The number of hydrogen-bond acceptors (Lipinski definition) is 1. The van der Waals surface area contributed by atoms with Crippen LogP contribution in [-0.4, -0.2) is 30.1 Å². The summed E-state index contributed by atoms with van der Waals surface area (Å²) < 4.78 is 0. The molecular formula is C11H20N2S. The average Bonchev–Trinajstić information content (AvgIpc) is 2.67. The molecule has 0 aromatic heterocycles. The van der Waals surface area contributed by atoms with Gasteiger partial charge in [-0.25, -0.2) is 0 Å². The first-order valence-corrected chi connectivity index (χ1v) is 6.13. The lowest BCUT2D eigenvalue weighted by molar-refractivity contribution is 0.153. The fourth-order valence-corrected chi connectivity index (χ4v) is 3.15. The molecule has 2 nitrogen and oxygen atoms in total. The van der Waals surface area contributed by atoms with Gasteiger partial charge in [0, 0.05) is 20.1 Å². The Labute approximate surface area is 92.0 Å². The van der Waals surface area contributed by atoms with E-state index >= 15 is 0 Å². The van der Waals surface area contributed by atoms with Gasteiger partial charge in [0.2, 0.25) is 0 Å². The standard InChI is InChI=1S/C11H20N2S/c1-12-10(14)13-8-6-11(7-9-13)4-2-3-5-11/h2-9H2,1H3,(H,12,14). The predicted molar refractivity (Wildman–Crippen MR) is 63.4 cm³/mol. The number of nitrogens with one attached hydrogen (secondary N) is 1. The van der Waals surface area contributed by atoms with Gasteiger partial charge in [0.15, 0.2) is 5.11 Å². The first-order chi connectivity index (χ1) is 6.76. The summed E-state index contributed by atoms with van der Waals surface area (Å²) in [5.74, 6) is 0. The van der Waals surface area contributed by atoms with E-state index in [1.54, 1.807) is 0 Å². The molecule has 0 bridgehead atoms. The third-order valence-corrected chi connectivity index (χ3v) is 4.45. The minimum Gasteiger partial charge on any atom is -0.366 e. The van der Waals surface area contributed by atoms with Crippen LogP contribution in [0.4, 0.5) is 0 Å². The first-order valence-electron chi connectivity index (χ1n) is 5.72. The molecule has 1 heterocycles. The van der Waals surface area contributed by atoms with E-state index in [1.807, 2.05) is 7.05 Å². The summed E-state index contributed by atoms with van der Waals surface area (Å²) in [7, 11) is 1.92. The molecule has 0 aromatic rings. The number of likely N-dealkylation sites (tertiary alicyclic amines) is 1. The van der Waals surface area contributed by atoms with Crippen LogP contribution in [0.2, 0.25) is 0 Å². The van der Waals surface area contributed by atoms with Crippen molar-refractivity contribution in [3.63, 3.8) is 0 Å². The van der Waals surface area contributed by atoms with Gasteiger partial charge in [-0.05, 0) is 43.3 Å². The van der Waals surface area contributed by atoms with Gasteiger partial charge in [0.25, 0.3) is 0 Å². The molecule has 2 aliphatic rings. The number of piperidine rings is 1. The lowest BCUT2D eigenvalue weighted by Crippen LogP contribution is -2.45. The van der Waals surface area contributed by atoms with E-state index in [-0.39, 0.29) is 0 Å². The molecule has 14 heavy (non-hydrogen) atoms. The fourth-order valence-electron chi connectivity index (χ4n) is 2.97. The molecule has 0 aromatic carbocycles. The van der Waals surface area contributed by atoms with Crippen molar-refractivity contribution in [2.75, 3.05) is 20.1 Å². The Hall–Kier alpha value is -0.310. The van der Waals surface area contributed by atoms with Crippen LogP contribution in [0.15, 0.2) is 0 Å². The highest BCUT2D eigenvalue weighted by Gasteiger charge is 2.37. The lowest BCUT2D eigenvalue weighted by Gasteiger charge is -2.40. The predicted octanol–water partition coefficient (Wildman–Crippen LogP) is 2.15. The van der Waals surface area contributed by atoms with E-state index in [9.17, 15) is 0 Å². The van der Waals surface area contributed by atoms with E-state index in [0.717, 1.165) is 5.11 Å². The van der Waals surface area contributed by atoms with Crippen LogP contribution < -0.4 is 5.32 Å². The highest BCUT2D eigenvalue weighted by Crippen LogP contribution is 2.45. The quantitative estimate of drug-likeness (QED) is 0.619. The van der Waals surface area contributed by atoms with Crippen molar-refractivity contribution in [3.05, 3.63) is 0 Å².